The highest BCUT2D eigenvalue weighted by atomic mass is 35.5. The Bertz CT molecular complexity index is 1490. The van der Waals surface area contributed by atoms with Gasteiger partial charge in [-0.05, 0) is 44.7 Å². The van der Waals surface area contributed by atoms with Crippen LogP contribution in [0.1, 0.15) is 35.6 Å². The number of para-hydroxylation sites is 1. The fraction of sp³-hybridized carbons (Fsp3) is 0.429. The average Bonchev–Trinajstić information content (AvgIpc) is 3.48. The Morgan fingerprint density at radius 1 is 1.17 bits per heavy atom. The van der Waals surface area contributed by atoms with Crippen LogP contribution in [0.2, 0.25) is 5.02 Å². The molecule has 0 spiro atoms. The number of halogens is 4. The van der Waals surface area contributed by atoms with Gasteiger partial charge in [0.15, 0.2) is 0 Å². The second-order valence-corrected chi connectivity index (χ2v) is 11.0. The zero-order valence-corrected chi connectivity index (χ0v) is 24.0. The number of fused-ring (bicyclic) bond motifs is 1. The number of anilines is 3. The van der Waals surface area contributed by atoms with E-state index in [1.54, 1.807) is 25.2 Å². The molecule has 1 unspecified atom stereocenters. The Labute approximate surface area is 241 Å². The number of pyridine rings is 1. The molecular formula is C28H31ClF3N7O2. The number of alkyl halides is 3. The standard InChI is InChI=1S/C28H31ClF3N7O2/c1-17-12-18(28(30,31)32)13-23(33-17)39-22(8-9-25(39)40)27(41)37(4)21-7-5-6-20(29)26(21)36(3)14-19-15-38-11-10-35(2)16-24(38)34-19/h5-7,12-13,15,22H,8-11,14,16H2,1-4H3. The summed E-state index contributed by atoms with van der Waals surface area (Å²) in [6.07, 6.45) is -2.43. The lowest BCUT2D eigenvalue weighted by Gasteiger charge is -2.31. The number of carbonyl (C=O) groups excluding carboxylic acids is 2. The first-order valence-electron chi connectivity index (χ1n) is 13.2. The van der Waals surface area contributed by atoms with Crippen LogP contribution >= 0.6 is 11.6 Å². The molecule has 3 aromatic rings. The van der Waals surface area contributed by atoms with Crippen molar-refractivity contribution in [3.05, 3.63) is 64.3 Å². The van der Waals surface area contributed by atoms with Gasteiger partial charge in [0.25, 0.3) is 0 Å². The summed E-state index contributed by atoms with van der Waals surface area (Å²) >= 11 is 6.65. The van der Waals surface area contributed by atoms with Crippen LogP contribution in [-0.2, 0) is 35.4 Å². The number of aromatic nitrogens is 3. The normalized spacial score (nSPS) is 17.6. The summed E-state index contributed by atoms with van der Waals surface area (Å²) in [5.74, 6) is -0.117. The van der Waals surface area contributed by atoms with E-state index in [9.17, 15) is 22.8 Å². The van der Waals surface area contributed by atoms with Crippen LogP contribution in [0.25, 0.3) is 0 Å². The van der Waals surface area contributed by atoms with Gasteiger partial charge in [-0.2, -0.15) is 13.2 Å². The minimum absolute atomic E-state index is 0.0176. The van der Waals surface area contributed by atoms with E-state index in [4.69, 9.17) is 16.6 Å². The van der Waals surface area contributed by atoms with Gasteiger partial charge in [0.05, 0.1) is 40.7 Å². The molecule has 0 radical (unpaired) electrons. The van der Waals surface area contributed by atoms with Crippen LogP contribution in [0.5, 0.6) is 0 Å². The monoisotopic (exact) mass is 589 g/mol. The topological polar surface area (TPSA) is 77.8 Å². The van der Waals surface area contributed by atoms with Gasteiger partial charge in [-0.25, -0.2) is 9.97 Å². The van der Waals surface area contributed by atoms with Gasteiger partial charge < -0.3 is 14.4 Å². The summed E-state index contributed by atoms with van der Waals surface area (Å²) in [5.41, 5.74) is 1.13. The number of likely N-dealkylation sites (N-methyl/N-ethyl adjacent to an activating group) is 2. The van der Waals surface area contributed by atoms with Crippen molar-refractivity contribution in [2.75, 3.05) is 42.4 Å². The number of hydrogen-bond acceptors (Lipinski definition) is 6. The Morgan fingerprint density at radius 2 is 1.93 bits per heavy atom. The third-order valence-electron chi connectivity index (χ3n) is 7.49. The van der Waals surface area contributed by atoms with Crippen LogP contribution in [0.15, 0.2) is 36.5 Å². The van der Waals surface area contributed by atoms with Crippen molar-refractivity contribution in [2.24, 2.45) is 0 Å². The summed E-state index contributed by atoms with van der Waals surface area (Å²) in [6.45, 7) is 4.41. The molecule has 0 bridgehead atoms. The number of amides is 2. The molecule has 13 heteroatoms. The highest BCUT2D eigenvalue weighted by molar-refractivity contribution is 6.34. The molecule has 5 rings (SSSR count). The molecule has 41 heavy (non-hydrogen) atoms. The molecule has 1 atom stereocenters. The number of imidazole rings is 1. The fourth-order valence-corrected chi connectivity index (χ4v) is 5.78. The number of aryl methyl sites for hydroxylation is 1. The Balaban J connectivity index is 1.42. The molecule has 2 aromatic heterocycles. The van der Waals surface area contributed by atoms with Crippen molar-refractivity contribution < 1.29 is 22.8 Å². The van der Waals surface area contributed by atoms with Crippen molar-refractivity contribution >= 4 is 40.6 Å². The van der Waals surface area contributed by atoms with Crippen molar-refractivity contribution in [1.29, 1.82) is 0 Å². The van der Waals surface area contributed by atoms with Crippen molar-refractivity contribution in [2.45, 2.75) is 51.6 Å². The SMILES string of the molecule is Cc1cc(C(F)(F)F)cc(N2C(=O)CCC2C(=O)N(C)c2cccc(Cl)c2N(C)Cc2cn3c(n2)CN(C)CC3)n1. The van der Waals surface area contributed by atoms with Crippen molar-refractivity contribution in [3.8, 4) is 0 Å². The predicted molar refractivity (Wildman–Crippen MR) is 150 cm³/mol. The number of hydrogen-bond donors (Lipinski definition) is 0. The van der Waals surface area contributed by atoms with Gasteiger partial charge in [0, 0.05) is 45.5 Å². The lowest BCUT2D eigenvalue weighted by Crippen LogP contribution is -2.46. The van der Waals surface area contributed by atoms with Crippen LogP contribution in [0.3, 0.4) is 0 Å². The molecule has 2 aliphatic heterocycles. The van der Waals surface area contributed by atoms with E-state index in [0.29, 0.717) is 22.9 Å². The van der Waals surface area contributed by atoms with Gasteiger partial charge in [-0.3, -0.25) is 19.4 Å². The summed E-state index contributed by atoms with van der Waals surface area (Å²) in [4.78, 5) is 42.3. The zero-order valence-electron chi connectivity index (χ0n) is 23.2. The lowest BCUT2D eigenvalue weighted by atomic mass is 10.1. The molecule has 1 fully saturated rings. The smallest absolute Gasteiger partial charge is 0.366 e. The molecule has 0 saturated carbocycles. The lowest BCUT2D eigenvalue weighted by molar-refractivity contribution is -0.137. The minimum atomic E-state index is -4.62. The van der Waals surface area contributed by atoms with E-state index in [-0.39, 0.29) is 24.4 Å². The van der Waals surface area contributed by atoms with Crippen LogP contribution in [0, 0.1) is 6.92 Å². The van der Waals surface area contributed by atoms with E-state index in [2.05, 4.69) is 21.5 Å². The van der Waals surface area contributed by atoms with E-state index < -0.39 is 29.6 Å². The van der Waals surface area contributed by atoms with Crippen molar-refractivity contribution in [3.63, 3.8) is 0 Å². The maximum absolute atomic E-state index is 13.8. The maximum Gasteiger partial charge on any atom is 0.416 e. The molecule has 0 N–H and O–H groups in total. The number of benzene rings is 1. The Morgan fingerprint density at radius 3 is 2.66 bits per heavy atom. The molecule has 4 heterocycles. The molecular weight excluding hydrogens is 559 g/mol. The van der Waals surface area contributed by atoms with Gasteiger partial charge in [-0.1, -0.05) is 17.7 Å². The van der Waals surface area contributed by atoms with Crippen LogP contribution in [0.4, 0.5) is 30.4 Å². The number of carbonyl (C=O) groups is 2. The van der Waals surface area contributed by atoms with Gasteiger partial charge >= 0.3 is 6.18 Å². The largest absolute Gasteiger partial charge is 0.416 e. The van der Waals surface area contributed by atoms with Gasteiger partial charge in [0.2, 0.25) is 11.8 Å². The highest BCUT2D eigenvalue weighted by Gasteiger charge is 2.41. The third-order valence-corrected chi connectivity index (χ3v) is 7.80. The molecule has 9 nitrogen and oxygen atoms in total. The van der Waals surface area contributed by atoms with Crippen molar-refractivity contribution in [1.82, 2.24) is 19.4 Å². The van der Waals surface area contributed by atoms with E-state index in [0.717, 1.165) is 48.2 Å². The third kappa shape index (κ3) is 5.76. The van der Waals surface area contributed by atoms with Crippen LogP contribution in [-0.4, -0.2) is 65.0 Å². The molecule has 1 saturated heterocycles. The first-order chi connectivity index (χ1) is 19.3. The van der Waals surface area contributed by atoms with Crippen LogP contribution < -0.4 is 14.7 Å². The zero-order chi connectivity index (χ0) is 29.6. The predicted octanol–water partition coefficient (Wildman–Crippen LogP) is 4.50. The molecule has 2 amide bonds. The second-order valence-electron chi connectivity index (χ2n) is 10.6. The minimum Gasteiger partial charge on any atom is -0.366 e. The quantitative estimate of drug-likeness (QED) is 0.421. The summed E-state index contributed by atoms with van der Waals surface area (Å²) in [6, 6.07) is 5.91. The summed E-state index contributed by atoms with van der Waals surface area (Å²) in [5, 5.41) is 0.419. The molecule has 0 aliphatic carbocycles. The second kappa shape index (κ2) is 11.0. The highest BCUT2D eigenvalue weighted by Crippen LogP contribution is 2.38. The Hall–Kier alpha value is -3.64. The summed E-state index contributed by atoms with van der Waals surface area (Å²) < 4.78 is 42.7. The van der Waals surface area contributed by atoms with E-state index in [1.165, 1.54) is 11.8 Å². The summed E-state index contributed by atoms with van der Waals surface area (Å²) in [7, 11) is 5.48. The molecule has 1 aromatic carbocycles. The van der Waals surface area contributed by atoms with Gasteiger partial charge in [0.1, 0.15) is 17.7 Å². The first-order valence-corrected chi connectivity index (χ1v) is 13.6. The first kappa shape index (κ1) is 28.9. The fourth-order valence-electron chi connectivity index (χ4n) is 5.47. The molecule has 218 valence electrons. The van der Waals surface area contributed by atoms with E-state index in [1.807, 2.05) is 18.1 Å². The number of rotatable bonds is 6. The number of nitrogens with zero attached hydrogens (tertiary/aromatic N) is 7. The maximum atomic E-state index is 13.8. The Kier molecular flexibility index (Phi) is 7.73. The molecule has 2 aliphatic rings. The van der Waals surface area contributed by atoms with E-state index >= 15 is 0 Å². The average molecular weight is 590 g/mol. The van der Waals surface area contributed by atoms with Gasteiger partial charge in [-0.15, -0.1) is 0 Å².